The molecule has 4 heterocycles. The molecule has 24 heteroatoms. The van der Waals surface area contributed by atoms with Gasteiger partial charge in [-0.3, -0.25) is 10.1 Å². The number of likely N-dealkylation sites (tertiary alicyclic amines) is 1. The van der Waals surface area contributed by atoms with Gasteiger partial charge >= 0.3 is 24.4 Å². The number of rotatable bonds is 10. The van der Waals surface area contributed by atoms with Crippen LogP contribution in [-0.2, 0) is 43.2 Å². The zero-order chi connectivity index (χ0) is 49.3. The molecule has 68 heavy (non-hydrogen) atoms. The van der Waals surface area contributed by atoms with Crippen LogP contribution in [0, 0.1) is 11.8 Å². The molecule has 2 amide bonds. The van der Waals surface area contributed by atoms with Gasteiger partial charge in [0.1, 0.15) is 18.3 Å². The Morgan fingerprint density at radius 2 is 1.13 bits per heavy atom. The molecule has 2 fully saturated rings. The Bertz CT molecular complexity index is 2580. The molecule has 0 spiro atoms. The monoisotopic (exact) mass is 1010 g/mol. The summed E-state index contributed by atoms with van der Waals surface area (Å²) < 4.78 is 171. The Kier molecular flexibility index (Phi) is 18.1. The number of nitrogens with zero attached hydrogens (tertiary/aromatic N) is 3. The molecule has 0 radical (unpaired) electrons. The second-order valence-corrected chi connectivity index (χ2v) is 20.1. The number of alkyl halides is 8. The van der Waals surface area contributed by atoms with Gasteiger partial charge in [-0.2, -0.15) is 26.3 Å². The van der Waals surface area contributed by atoms with E-state index in [2.05, 4.69) is 30.0 Å². The molecule has 0 aliphatic carbocycles. The van der Waals surface area contributed by atoms with E-state index in [-0.39, 0.29) is 51.6 Å². The fourth-order valence-corrected chi connectivity index (χ4v) is 10.3. The number of benzene rings is 3. The minimum atomic E-state index is -4.62. The van der Waals surface area contributed by atoms with Crippen molar-refractivity contribution in [2.45, 2.75) is 85.5 Å². The lowest BCUT2D eigenvalue weighted by Crippen LogP contribution is -2.48. The minimum Gasteiger partial charge on any atom is -0.426 e. The van der Waals surface area contributed by atoms with Gasteiger partial charge in [-0.1, -0.05) is 35.9 Å². The van der Waals surface area contributed by atoms with Crippen LogP contribution in [0.3, 0.4) is 0 Å². The lowest BCUT2D eigenvalue weighted by atomic mass is 9.92. The molecule has 2 aliphatic heterocycles. The molecule has 3 aromatic carbocycles. The summed E-state index contributed by atoms with van der Waals surface area (Å²) in [6.07, 6.45) is -5.49. The van der Waals surface area contributed by atoms with Crippen LogP contribution in [0.15, 0.2) is 122 Å². The van der Waals surface area contributed by atoms with Crippen molar-refractivity contribution < 1.29 is 75.3 Å². The summed E-state index contributed by atoms with van der Waals surface area (Å²) in [4.78, 5) is 24.0. The SMILES string of the molecule is C.CC(F)(C1CCN(C(=O)Nc2ccon2)CC1)S(=O)(=O)c1ccc(C(F)(F)F)cc1.CC(F)(C1CCNCC1)S(=O)(=O)c1ccc(C(F)(F)F)cc1.O=C(Cc1ccon1)Oc1ccccc1. The Balaban J connectivity index is 0.000000233. The van der Waals surface area contributed by atoms with Crippen LogP contribution >= 0.6 is 0 Å². The summed E-state index contributed by atoms with van der Waals surface area (Å²) in [6, 6.07) is 17.2. The van der Waals surface area contributed by atoms with Gasteiger partial charge in [0.25, 0.3) is 0 Å². The smallest absolute Gasteiger partial charge is 0.416 e. The molecule has 2 aliphatic rings. The number of para-hydroxylation sites is 1. The first-order valence-corrected chi connectivity index (χ1v) is 23.3. The van der Waals surface area contributed by atoms with E-state index in [4.69, 9.17) is 4.74 Å². The van der Waals surface area contributed by atoms with Crippen molar-refractivity contribution in [3.63, 3.8) is 0 Å². The van der Waals surface area contributed by atoms with Crippen molar-refractivity contribution in [3.8, 4) is 5.75 Å². The number of piperidine rings is 2. The zero-order valence-electron chi connectivity index (χ0n) is 35.7. The number of urea groups is 1. The summed E-state index contributed by atoms with van der Waals surface area (Å²) >= 11 is 0. The van der Waals surface area contributed by atoms with Gasteiger partial charge in [-0.15, -0.1) is 0 Å². The van der Waals surface area contributed by atoms with E-state index in [1.807, 2.05) is 6.07 Å². The average Bonchev–Trinajstić information content (AvgIpc) is 4.02. The quantitative estimate of drug-likeness (QED) is 0.0766. The number of carbonyl (C=O) groups is 2. The lowest BCUT2D eigenvalue weighted by molar-refractivity contribution is -0.138. The second-order valence-electron chi connectivity index (χ2n) is 15.6. The van der Waals surface area contributed by atoms with E-state index >= 15 is 4.39 Å². The molecular weight excluding hydrogens is 959 g/mol. The molecule has 2 aromatic heterocycles. The van der Waals surface area contributed by atoms with E-state index in [1.165, 1.54) is 23.5 Å². The molecule has 2 unspecified atom stereocenters. The van der Waals surface area contributed by atoms with Crippen LogP contribution in [0.2, 0.25) is 0 Å². The maximum absolute atomic E-state index is 15.5. The fourth-order valence-electron chi connectivity index (χ4n) is 7.08. The molecule has 7 rings (SSSR count). The van der Waals surface area contributed by atoms with Crippen LogP contribution in [0.4, 0.5) is 45.7 Å². The third-order valence-corrected chi connectivity index (χ3v) is 15.6. The normalized spacial score (nSPS) is 16.8. The number of aromatic nitrogens is 2. The highest BCUT2D eigenvalue weighted by molar-refractivity contribution is 7.93. The topological polar surface area (TPSA) is 191 Å². The van der Waals surface area contributed by atoms with Gasteiger partial charge in [0, 0.05) is 37.1 Å². The van der Waals surface area contributed by atoms with Crippen molar-refractivity contribution in [2.75, 3.05) is 31.5 Å². The summed E-state index contributed by atoms with van der Waals surface area (Å²) in [5, 5.41) is 7.47. The predicted octanol–water partition coefficient (Wildman–Crippen LogP) is 9.72. The number of anilines is 1. The van der Waals surface area contributed by atoms with E-state index in [1.54, 1.807) is 30.3 Å². The van der Waals surface area contributed by atoms with E-state index < -0.39 is 80.8 Å². The lowest BCUT2D eigenvalue weighted by Gasteiger charge is -2.37. The van der Waals surface area contributed by atoms with Crippen molar-refractivity contribution in [3.05, 3.63) is 120 Å². The maximum Gasteiger partial charge on any atom is 0.416 e. The number of esters is 1. The largest absolute Gasteiger partial charge is 0.426 e. The Labute approximate surface area is 387 Å². The number of carbonyl (C=O) groups excluding carboxylic acids is 2. The average molecular weight is 1010 g/mol. The standard InChI is InChI=1S/C18H19F4N3O4S.C14H17F4NO2S.C11H9NO3.CH4/c1-17(19,30(27,28)14-4-2-13(3-5-14)18(20,21)22)12-6-9-25(10-7-12)16(26)23-15-8-11-29-24-15;1-13(15,10-6-8-19-9-7-10)22(20,21)12-4-2-11(3-5-12)14(16,17)18;13-11(8-9-6-7-14-12-9)15-10-4-2-1-3-5-10;/h2-5,8,11-12H,6-7,9-10H2,1H3,(H,23,24,26);2-5,10,19H,6-9H2,1H3;1-7H,8H2;1H4. The molecule has 372 valence electrons. The first kappa shape index (κ1) is 54.7. The molecular formula is C44H49F8N5O9S2. The Morgan fingerprint density at radius 3 is 1.56 bits per heavy atom. The maximum atomic E-state index is 15.5. The predicted molar refractivity (Wildman–Crippen MR) is 231 cm³/mol. The van der Waals surface area contributed by atoms with Gasteiger partial charge in [-0.05, 0) is 113 Å². The molecule has 0 saturated carbocycles. The molecule has 14 nitrogen and oxygen atoms in total. The Hall–Kier alpha value is -5.88. The van der Waals surface area contributed by atoms with Crippen molar-refractivity contribution >= 4 is 37.5 Å². The summed E-state index contributed by atoms with van der Waals surface area (Å²) in [7, 11) is -8.92. The third-order valence-electron chi connectivity index (χ3n) is 11.1. The highest BCUT2D eigenvalue weighted by Crippen LogP contribution is 2.41. The fraction of sp³-hybridized carbons (Fsp3) is 0.409. The van der Waals surface area contributed by atoms with Gasteiger partial charge in [-0.25, -0.2) is 30.4 Å². The number of hydrogen-bond donors (Lipinski definition) is 2. The van der Waals surface area contributed by atoms with Crippen molar-refractivity contribution in [2.24, 2.45) is 11.8 Å². The molecule has 2 saturated heterocycles. The summed E-state index contributed by atoms with van der Waals surface area (Å²) in [5.74, 6) is -1.22. The van der Waals surface area contributed by atoms with E-state index in [9.17, 15) is 57.2 Å². The van der Waals surface area contributed by atoms with Crippen LogP contribution in [-0.4, -0.2) is 80.2 Å². The number of halogens is 8. The number of hydrogen-bond acceptors (Lipinski definition) is 12. The first-order valence-electron chi connectivity index (χ1n) is 20.4. The Morgan fingerprint density at radius 1 is 0.676 bits per heavy atom. The van der Waals surface area contributed by atoms with Crippen LogP contribution in [0.5, 0.6) is 5.75 Å². The van der Waals surface area contributed by atoms with E-state index in [0.29, 0.717) is 61.6 Å². The molecule has 2 N–H and O–H groups in total. The van der Waals surface area contributed by atoms with Crippen LogP contribution in [0.1, 0.15) is 63.8 Å². The van der Waals surface area contributed by atoms with E-state index in [0.717, 1.165) is 38.1 Å². The number of ether oxygens (including phenoxy) is 1. The van der Waals surface area contributed by atoms with Crippen LogP contribution in [0.25, 0.3) is 0 Å². The molecule has 0 bridgehead atoms. The highest BCUT2D eigenvalue weighted by Gasteiger charge is 2.50. The van der Waals surface area contributed by atoms with Gasteiger partial charge in [0.2, 0.25) is 29.7 Å². The molecule has 5 aromatic rings. The molecule has 2 atom stereocenters. The van der Waals surface area contributed by atoms with Gasteiger partial charge in [0.05, 0.1) is 33.0 Å². The van der Waals surface area contributed by atoms with Crippen LogP contribution < -0.4 is 15.4 Å². The third kappa shape index (κ3) is 13.6. The van der Waals surface area contributed by atoms with Gasteiger partial charge < -0.3 is 24.0 Å². The first-order chi connectivity index (χ1) is 31.3. The number of nitrogens with one attached hydrogen (secondary N) is 2. The van der Waals surface area contributed by atoms with Crippen molar-refractivity contribution in [1.82, 2.24) is 20.5 Å². The zero-order valence-corrected chi connectivity index (χ0v) is 37.3. The number of amides is 2. The van der Waals surface area contributed by atoms with Gasteiger partial charge in [0.15, 0.2) is 5.82 Å². The minimum absolute atomic E-state index is 0. The number of sulfone groups is 2. The highest BCUT2D eigenvalue weighted by atomic mass is 32.2. The summed E-state index contributed by atoms with van der Waals surface area (Å²) in [6.45, 7) is 3.16. The van der Waals surface area contributed by atoms with Crippen molar-refractivity contribution in [1.29, 1.82) is 0 Å². The summed E-state index contributed by atoms with van der Waals surface area (Å²) in [5.41, 5.74) is -1.42. The second kappa shape index (κ2) is 22.5.